The maximum atomic E-state index is 12.9. The number of ether oxygens (including phenoxy) is 1. The molecular formula is C18H24N4O2. The number of fused-ring (bicyclic) bond motifs is 2. The molecule has 2 saturated heterocycles. The number of hydrogen-bond acceptors (Lipinski definition) is 4. The number of carbonyl (C=O) groups is 1. The number of H-pyrrole nitrogens is 1. The topological polar surface area (TPSA) is 61.5 Å². The van der Waals surface area contributed by atoms with Crippen LogP contribution in [0.25, 0.3) is 10.9 Å². The van der Waals surface area contributed by atoms with E-state index in [-0.39, 0.29) is 18.1 Å². The highest BCUT2D eigenvalue weighted by Crippen LogP contribution is 2.24. The fraction of sp³-hybridized carbons (Fsp3) is 0.556. The number of aromatic nitrogens is 2. The Hall–Kier alpha value is -1.92. The molecule has 128 valence electrons. The molecule has 1 aromatic carbocycles. The maximum absolute atomic E-state index is 12.9. The van der Waals surface area contributed by atoms with E-state index in [0.29, 0.717) is 19.6 Å². The molecule has 6 nitrogen and oxygen atoms in total. The first-order valence-electron chi connectivity index (χ1n) is 8.80. The van der Waals surface area contributed by atoms with Gasteiger partial charge in [0, 0.05) is 25.0 Å². The third-order valence-corrected chi connectivity index (χ3v) is 5.30. The molecule has 2 fully saturated rings. The molecule has 3 heterocycles. The summed E-state index contributed by atoms with van der Waals surface area (Å²) in [5, 5.41) is 8.08. The van der Waals surface area contributed by atoms with E-state index in [0.717, 1.165) is 42.5 Å². The van der Waals surface area contributed by atoms with Crippen LogP contribution < -0.4 is 0 Å². The van der Waals surface area contributed by atoms with Crippen LogP contribution in [0.4, 0.5) is 0 Å². The highest BCUT2D eigenvalue weighted by atomic mass is 16.5. The van der Waals surface area contributed by atoms with E-state index in [1.807, 2.05) is 23.1 Å². The van der Waals surface area contributed by atoms with Gasteiger partial charge in [-0.25, -0.2) is 0 Å². The Kier molecular flexibility index (Phi) is 4.24. The molecule has 0 aliphatic carbocycles. The van der Waals surface area contributed by atoms with Crippen molar-refractivity contribution in [2.24, 2.45) is 0 Å². The lowest BCUT2D eigenvalue weighted by molar-refractivity contribution is -0.151. The number of hydrogen-bond donors (Lipinski definition) is 1. The fourth-order valence-corrected chi connectivity index (χ4v) is 3.90. The summed E-state index contributed by atoms with van der Waals surface area (Å²) in [6.45, 7) is 6.54. The van der Waals surface area contributed by atoms with Crippen molar-refractivity contribution in [1.29, 1.82) is 0 Å². The van der Waals surface area contributed by atoms with E-state index in [1.54, 1.807) is 6.20 Å². The monoisotopic (exact) mass is 328 g/mol. The Balaban J connectivity index is 1.49. The lowest BCUT2D eigenvalue weighted by Gasteiger charge is -2.47. The number of rotatable bonds is 3. The first-order valence-corrected chi connectivity index (χ1v) is 8.80. The summed E-state index contributed by atoms with van der Waals surface area (Å²) in [5.74, 6) is 0.199. The summed E-state index contributed by atoms with van der Waals surface area (Å²) in [5.41, 5.74) is 2.01. The molecule has 24 heavy (non-hydrogen) atoms. The first-order chi connectivity index (χ1) is 11.7. The van der Waals surface area contributed by atoms with Crippen molar-refractivity contribution in [3.8, 4) is 0 Å². The van der Waals surface area contributed by atoms with Gasteiger partial charge in [0.25, 0.3) is 0 Å². The molecule has 1 N–H and O–H groups in total. The summed E-state index contributed by atoms with van der Waals surface area (Å²) >= 11 is 0. The van der Waals surface area contributed by atoms with E-state index >= 15 is 0 Å². The van der Waals surface area contributed by atoms with E-state index in [4.69, 9.17) is 4.74 Å². The zero-order valence-electron chi connectivity index (χ0n) is 14.1. The Morgan fingerprint density at radius 3 is 3.21 bits per heavy atom. The summed E-state index contributed by atoms with van der Waals surface area (Å²) in [6.07, 6.45) is 3.45. The van der Waals surface area contributed by atoms with Gasteiger partial charge in [-0.2, -0.15) is 5.10 Å². The average Bonchev–Trinajstić information content (AvgIpc) is 3.08. The SMILES string of the molecule is CCN1CC[C@H]2OCCN(C(=O)Cc3ccc4cn[nH]c4c3)[C@H]2C1. The minimum atomic E-state index is 0.191. The van der Waals surface area contributed by atoms with Gasteiger partial charge in [-0.1, -0.05) is 19.1 Å². The summed E-state index contributed by atoms with van der Waals surface area (Å²) in [4.78, 5) is 17.4. The highest BCUT2D eigenvalue weighted by molar-refractivity contribution is 5.83. The molecular weight excluding hydrogens is 304 g/mol. The van der Waals surface area contributed by atoms with Gasteiger partial charge in [0.15, 0.2) is 0 Å². The van der Waals surface area contributed by atoms with Crippen molar-refractivity contribution >= 4 is 16.8 Å². The van der Waals surface area contributed by atoms with Crippen LogP contribution in [0, 0.1) is 0 Å². The number of benzene rings is 1. The molecule has 4 rings (SSSR count). The number of nitrogens with zero attached hydrogens (tertiary/aromatic N) is 3. The lowest BCUT2D eigenvalue weighted by Crippen LogP contribution is -2.61. The predicted molar refractivity (Wildman–Crippen MR) is 91.8 cm³/mol. The Morgan fingerprint density at radius 1 is 1.42 bits per heavy atom. The molecule has 0 bridgehead atoms. The van der Waals surface area contributed by atoms with Crippen molar-refractivity contribution in [3.05, 3.63) is 30.0 Å². The second kappa shape index (κ2) is 6.53. The van der Waals surface area contributed by atoms with Crippen LogP contribution in [0.1, 0.15) is 18.9 Å². The number of likely N-dealkylation sites (tertiary alicyclic amines) is 1. The molecule has 6 heteroatoms. The number of morpholine rings is 1. The van der Waals surface area contributed by atoms with Crippen LogP contribution in [0.2, 0.25) is 0 Å². The van der Waals surface area contributed by atoms with Gasteiger partial charge in [0.05, 0.1) is 36.9 Å². The summed E-state index contributed by atoms with van der Waals surface area (Å²) in [6, 6.07) is 6.25. The third kappa shape index (κ3) is 2.91. The molecule has 2 aromatic rings. The lowest BCUT2D eigenvalue weighted by atomic mass is 9.97. The number of aromatic amines is 1. The van der Waals surface area contributed by atoms with Crippen LogP contribution in [0.15, 0.2) is 24.4 Å². The third-order valence-electron chi connectivity index (χ3n) is 5.30. The predicted octanol–water partition coefficient (Wildman–Crippen LogP) is 1.43. The molecule has 0 unspecified atom stereocenters. The average molecular weight is 328 g/mol. The Bertz CT molecular complexity index is 729. The van der Waals surface area contributed by atoms with Crippen molar-refractivity contribution in [2.75, 3.05) is 32.8 Å². The van der Waals surface area contributed by atoms with E-state index in [9.17, 15) is 4.79 Å². The first kappa shape index (κ1) is 15.6. The minimum Gasteiger partial charge on any atom is -0.374 e. The smallest absolute Gasteiger partial charge is 0.227 e. The van der Waals surface area contributed by atoms with Gasteiger partial charge in [-0.3, -0.25) is 9.89 Å². The quantitative estimate of drug-likeness (QED) is 0.926. The maximum Gasteiger partial charge on any atom is 0.227 e. The normalized spacial score (nSPS) is 25.0. The molecule has 1 amide bonds. The Labute approximate surface area is 141 Å². The van der Waals surface area contributed by atoms with E-state index in [1.165, 1.54) is 0 Å². The highest BCUT2D eigenvalue weighted by Gasteiger charge is 2.38. The molecule has 2 aliphatic rings. The molecule has 0 radical (unpaired) electrons. The number of piperidine rings is 1. The van der Waals surface area contributed by atoms with Crippen molar-refractivity contribution in [1.82, 2.24) is 20.0 Å². The van der Waals surface area contributed by atoms with Gasteiger partial charge in [0.1, 0.15) is 0 Å². The van der Waals surface area contributed by atoms with Gasteiger partial charge in [-0.05, 0) is 24.6 Å². The van der Waals surface area contributed by atoms with Gasteiger partial charge in [-0.15, -0.1) is 0 Å². The van der Waals surface area contributed by atoms with E-state index < -0.39 is 0 Å². The van der Waals surface area contributed by atoms with Crippen molar-refractivity contribution in [3.63, 3.8) is 0 Å². The summed E-state index contributed by atoms with van der Waals surface area (Å²) < 4.78 is 5.92. The van der Waals surface area contributed by atoms with Gasteiger partial charge < -0.3 is 14.5 Å². The zero-order chi connectivity index (χ0) is 16.5. The summed E-state index contributed by atoms with van der Waals surface area (Å²) in [7, 11) is 0. The zero-order valence-corrected chi connectivity index (χ0v) is 14.1. The van der Waals surface area contributed by atoms with Gasteiger partial charge >= 0.3 is 0 Å². The van der Waals surface area contributed by atoms with Gasteiger partial charge in [0.2, 0.25) is 5.91 Å². The fourth-order valence-electron chi connectivity index (χ4n) is 3.90. The van der Waals surface area contributed by atoms with Crippen molar-refractivity contribution < 1.29 is 9.53 Å². The number of carbonyl (C=O) groups excluding carboxylic acids is 1. The molecule has 0 saturated carbocycles. The largest absolute Gasteiger partial charge is 0.374 e. The second-order valence-corrected chi connectivity index (χ2v) is 6.71. The van der Waals surface area contributed by atoms with Crippen LogP contribution in [-0.2, 0) is 16.0 Å². The Morgan fingerprint density at radius 2 is 2.33 bits per heavy atom. The molecule has 2 atom stereocenters. The van der Waals surface area contributed by atoms with Crippen LogP contribution in [0.3, 0.4) is 0 Å². The molecule has 2 aliphatic heterocycles. The number of nitrogens with one attached hydrogen (secondary N) is 1. The van der Waals surface area contributed by atoms with Crippen molar-refractivity contribution in [2.45, 2.75) is 31.9 Å². The number of likely N-dealkylation sites (N-methyl/N-ethyl adjacent to an activating group) is 1. The van der Waals surface area contributed by atoms with E-state index in [2.05, 4.69) is 22.0 Å². The standard InChI is InChI=1S/C18H24N4O2/c1-2-21-6-5-17-16(12-21)22(7-8-24-17)18(23)10-13-3-4-14-11-19-20-15(14)9-13/h3-4,9,11,16-17H,2,5-8,10,12H2,1H3,(H,19,20)/t16-,17+/m0/s1. The minimum absolute atomic E-state index is 0.191. The molecule has 1 aromatic heterocycles. The molecule has 0 spiro atoms. The van der Waals surface area contributed by atoms with Crippen LogP contribution in [0.5, 0.6) is 0 Å². The van der Waals surface area contributed by atoms with Crippen LogP contribution >= 0.6 is 0 Å². The second-order valence-electron chi connectivity index (χ2n) is 6.71. The van der Waals surface area contributed by atoms with Crippen LogP contribution in [-0.4, -0.2) is 70.8 Å². The number of amides is 1.